The number of benzene rings is 1. The molecule has 324 valence electrons. The van der Waals surface area contributed by atoms with Gasteiger partial charge in [0.05, 0.1) is 31.4 Å². The van der Waals surface area contributed by atoms with Gasteiger partial charge in [-0.25, -0.2) is 4.79 Å². The molecule has 0 spiro atoms. The third kappa shape index (κ3) is 10.8. The third-order valence-electron chi connectivity index (χ3n) is 11.5. The SMILES string of the molecule is COc1cc2cc(c1Cl)N(C)C(=O)CC(OC(=O)C(C)N(C)C(O)C(C)N(C)C(=O)CCSSC)C1(C)OC1C(C)C1CC(O)(NC(=O)O1)C(OC)/C=C/C=C(\C)C2. The molecule has 2 saturated heterocycles. The van der Waals surface area contributed by atoms with Crippen molar-refractivity contribution in [2.45, 2.75) is 114 Å². The van der Waals surface area contributed by atoms with Crippen LogP contribution in [0.1, 0.15) is 59.4 Å². The Hall–Kier alpha value is -3.03. The lowest BCUT2D eigenvalue weighted by molar-refractivity contribution is -0.165. The summed E-state index contributed by atoms with van der Waals surface area (Å²) in [6, 6.07) is 1.88. The number of esters is 1. The molecule has 1 aromatic carbocycles. The second-order valence-electron chi connectivity index (χ2n) is 15.5. The molecular weight excluding hydrogens is 812 g/mol. The number of likely N-dealkylation sites (N-methyl/N-ethyl adjacent to an activating group) is 2. The molecule has 0 saturated carbocycles. The highest BCUT2D eigenvalue weighted by molar-refractivity contribution is 8.76. The number of anilines is 1. The van der Waals surface area contributed by atoms with Gasteiger partial charge in [0.15, 0.2) is 5.72 Å². The maximum Gasteiger partial charge on any atom is 0.409 e. The maximum absolute atomic E-state index is 14.3. The number of rotatable bonds is 12. The van der Waals surface area contributed by atoms with E-state index >= 15 is 0 Å². The second-order valence-corrected chi connectivity index (χ2v) is 18.5. The van der Waals surface area contributed by atoms with Crippen LogP contribution in [0.4, 0.5) is 10.5 Å². The molecule has 3 N–H and O–H groups in total. The fourth-order valence-electron chi connectivity index (χ4n) is 7.40. The van der Waals surface area contributed by atoms with Gasteiger partial charge in [-0.3, -0.25) is 24.6 Å². The molecule has 4 rings (SSSR count). The average Bonchev–Trinajstić information content (AvgIpc) is 3.88. The van der Waals surface area contributed by atoms with Gasteiger partial charge in [0.25, 0.3) is 0 Å². The van der Waals surface area contributed by atoms with E-state index in [0.29, 0.717) is 30.0 Å². The molecule has 1 aromatic rings. The van der Waals surface area contributed by atoms with E-state index in [1.807, 2.05) is 19.3 Å². The van der Waals surface area contributed by atoms with Crippen LogP contribution in [-0.2, 0) is 39.8 Å². The minimum atomic E-state index is -1.84. The zero-order valence-electron chi connectivity index (χ0n) is 35.1. The first-order chi connectivity index (χ1) is 27.2. The van der Waals surface area contributed by atoms with E-state index in [2.05, 4.69) is 5.32 Å². The summed E-state index contributed by atoms with van der Waals surface area (Å²) in [7, 11) is 10.8. The van der Waals surface area contributed by atoms with E-state index < -0.39 is 77.9 Å². The molecular formula is C40H59ClN4O11S2. The first-order valence-corrected chi connectivity index (χ1v) is 22.2. The zero-order valence-corrected chi connectivity index (χ0v) is 37.5. The van der Waals surface area contributed by atoms with Gasteiger partial charge in [0, 0.05) is 45.7 Å². The molecule has 58 heavy (non-hydrogen) atoms. The van der Waals surface area contributed by atoms with Crippen molar-refractivity contribution in [3.05, 3.63) is 46.5 Å². The van der Waals surface area contributed by atoms with E-state index in [4.69, 9.17) is 35.3 Å². The summed E-state index contributed by atoms with van der Waals surface area (Å²) in [6.45, 7) is 8.68. The Balaban J connectivity index is 1.70. The summed E-state index contributed by atoms with van der Waals surface area (Å²) >= 11 is 6.79. The number of nitrogens with one attached hydrogen (secondary N) is 1. The highest BCUT2D eigenvalue weighted by Gasteiger charge is 2.64. The molecule has 0 aliphatic carbocycles. The molecule has 10 atom stereocenters. The van der Waals surface area contributed by atoms with E-state index in [1.54, 1.807) is 94.7 Å². The Kier molecular flexibility index (Phi) is 16.4. The van der Waals surface area contributed by atoms with Crippen LogP contribution in [0.5, 0.6) is 5.75 Å². The van der Waals surface area contributed by atoms with Crippen molar-refractivity contribution in [3.8, 4) is 5.75 Å². The fraction of sp³-hybridized carbons (Fsp3) is 0.650. The predicted molar refractivity (Wildman–Crippen MR) is 225 cm³/mol. The van der Waals surface area contributed by atoms with Gasteiger partial charge in [-0.2, -0.15) is 0 Å². The normalized spacial score (nSPS) is 30.8. The van der Waals surface area contributed by atoms with Crippen LogP contribution in [0.25, 0.3) is 0 Å². The number of hydrogen-bond donors (Lipinski definition) is 3. The zero-order chi connectivity index (χ0) is 43.3. The van der Waals surface area contributed by atoms with Gasteiger partial charge in [0.1, 0.15) is 47.0 Å². The maximum atomic E-state index is 14.3. The summed E-state index contributed by atoms with van der Waals surface area (Å²) in [4.78, 5) is 58.3. The van der Waals surface area contributed by atoms with Crippen LogP contribution in [0, 0.1) is 5.92 Å². The molecule has 4 bridgehead atoms. The van der Waals surface area contributed by atoms with Crippen molar-refractivity contribution >= 4 is 62.8 Å². The van der Waals surface area contributed by atoms with Crippen molar-refractivity contribution in [2.75, 3.05) is 52.3 Å². The summed E-state index contributed by atoms with van der Waals surface area (Å²) in [5.41, 5.74) is -1.00. The lowest BCUT2D eigenvalue weighted by atomic mass is 9.83. The smallest absolute Gasteiger partial charge is 0.409 e. The van der Waals surface area contributed by atoms with E-state index in [-0.39, 0.29) is 23.8 Å². The number of hydrogen-bond acceptors (Lipinski definition) is 14. The topological polar surface area (TPSA) is 180 Å². The summed E-state index contributed by atoms with van der Waals surface area (Å²) < 4.78 is 29.4. The lowest BCUT2D eigenvalue weighted by Gasteiger charge is -2.42. The molecule has 3 heterocycles. The van der Waals surface area contributed by atoms with Crippen LogP contribution in [0.3, 0.4) is 0 Å². The summed E-state index contributed by atoms with van der Waals surface area (Å²) in [5.74, 6) is -0.915. The summed E-state index contributed by atoms with van der Waals surface area (Å²) in [5, 5.41) is 25.8. The first-order valence-electron chi connectivity index (χ1n) is 19.1. The van der Waals surface area contributed by atoms with Crippen molar-refractivity contribution in [2.24, 2.45) is 5.92 Å². The van der Waals surface area contributed by atoms with Crippen molar-refractivity contribution in [3.63, 3.8) is 0 Å². The first kappa shape index (κ1) is 47.6. The van der Waals surface area contributed by atoms with Crippen LogP contribution in [0.2, 0.25) is 5.02 Å². The van der Waals surface area contributed by atoms with Crippen molar-refractivity contribution < 1.29 is 53.1 Å². The van der Waals surface area contributed by atoms with Gasteiger partial charge >= 0.3 is 12.1 Å². The van der Waals surface area contributed by atoms with Crippen LogP contribution in [0.15, 0.2) is 35.9 Å². The van der Waals surface area contributed by atoms with E-state index in [0.717, 1.165) is 11.1 Å². The van der Waals surface area contributed by atoms with E-state index in [9.17, 15) is 29.4 Å². The number of allylic oxidation sites excluding steroid dienone is 3. The fourth-order valence-corrected chi connectivity index (χ4v) is 8.88. The van der Waals surface area contributed by atoms with Gasteiger partial charge in [-0.1, -0.05) is 63.9 Å². The standard InChI is InChI=1S/C40H59ClN4O11S2/c1-22-13-12-14-30(53-10)40(51)21-29(54-38(50)42-40)23(2)35-39(5,56-35)31(20-33(47)45(8)27-18-26(17-22)19-28(52-9)34(27)41)55-37(49)25(4)44(7)36(48)24(3)43(6)32(46)15-16-58-57-11/h12-14,18-19,23-25,29-31,35-36,48,51H,15-17,20-21H2,1-11H3,(H,42,50)/b14-12+,22-13+. The Labute approximate surface area is 354 Å². The Bertz CT molecular complexity index is 1740. The van der Waals surface area contributed by atoms with Crippen LogP contribution < -0.4 is 15.0 Å². The average molecular weight is 872 g/mol. The molecule has 0 aromatic heterocycles. The molecule has 0 radical (unpaired) electrons. The van der Waals surface area contributed by atoms with Crippen molar-refractivity contribution in [1.82, 2.24) is 15.1 Å². The molecule has 3 aliphatic rings. The molecule has 18 heteroatoms. The Morgan fingerprint density at radius 2 is 1.90 bits per heavy atom. The number of aliphatic hydroxyl groups is 2. The molecule has 2 fully saturated rings. The number of amides is 3. The number of ether oxygens (including phenoxy) is 5. The number of alkyl carbamates (subject to hydrolysis) is 1. The highest BCUT2D eigenvalue weighted by atomic mass is 35.5. The van der Waals surface area contributed by atoms with Gasteiger partial charge in [-0.15, -0.1) is 0 Å². The van der Waals surface area contributed by atoms with Crippen molar-refractivity contribution in [1.29, 1.82) is 0 Å². The van der Waals surface area contributed by atoms with Crippen LogP contribution in [-0.4, -0.2) is 145 Å². The second kappa shape index (κ2) is 20.0. The highest BCUT2D eigenvalue weighted by Crippen LogP contribution is 2.49. The predicted octanol–water partition coefficient (Wildman–Crippen LogP) is 4.55. The number of methoxy groups -OCH3 is 2. The van der Waals surface area contributed by atoms with Gasteiger partial charge in [0.2, 0.25) is 11.8 Å². The number of epoxide rings is 1. The largest absolute Gasteiger partial charge is 0.495 e. The number of halogens is 1. The number of carbonyl (C=O) groups is 4. The molecule has 3 amide bonds. The lowest BCUT2D eigenvalue weighted by Crippen LogP contribution is -2.63. The molecule has 3 aliphatic heterocycles. The van der Waals surface area contributed by atoms with Crippen LogP contribution >= 0.6 is 33.2 Å². The number of aliphatic hydroxyl groups excluding tert-OH is 1. The number of nitrogens with zero attached hydrogens (tertiary/aromatic N) is 3. The van der Waals surface area contributed by atoms with Gasteiger partial charge in [-0.05, 0) is 65.1 Å². The number of carbonyl (C=O) groups excluding carboxylic acids is 4. The Morgan fingerprint density at radius 3 is 2.53 bits per heavy atom. The minimum Gasteiger partial charge on any atom is -0.495 e. The number of fused-ring (bicyclic) bond motifs is 5. The van der Waals surface area contributed by atoms with Gasteiger partial charge < -0.3 is 43.7 Å². The Morgan fingerprint density at radius 1 is 1.21 bits per heavy atom. The monoisotopic (exact) mass is 870 g/mol. The molecule has 15 nitrogen and oxygen atoms in total. The minimum absolute atomic E-state index is 0.0666. The van der Waals surface area contributed by atoms with E-state index in [1.165, 1.54) is 28.9 Å². The molecule has 10 unspecified atom stereocenters. The quantitative estimate of drug-likeness (QED) is 0.0876. The summed E-state index contributed by atoms with van der Waals surface area (Å²) in [6.07, 6.45) is 1.74. The third-order valence-corrected chi connectivity index (χ3v) is 13.7.